The Kier molecular flexibility index (Phi) is 3.81. The zero-order valence-electron chi connectivity index (χ0n) is 10.7. The van der Waals surface area contributed by atoms with E-state index in [2.05, 4.69) is 5.10 Å². The normalized spacial score (nSPS) is 10.8. The number of para-hydroxylation sites is 1. The molecule has 3 aromatic rings. The van der Waals surface area contributed by atoms with Crippen LogP contribution in [0.25, 0.3) is 16.9 Å². The number of aromatic nitrogens is 2. The van der Waals surface area contributed by atoms with Gasteiger partial charge in [0, 0.05) is 5.56 Å². The molecule has 0 saturated carbocycles. The molecule has 0 fully saturated rings. The lowest BCUT2D eigenvalue weighted by Crippen LogP contribution is -1.95. The van der Waals surface area contributed by atoms with Gasteiger partial charge >= 0.3 is 0 Å². The highest BCUT2D eigenvalue weighted by Crippen LogP contribution is 2.36. The van der Waals surface area contributed by atoms with Gasteiger partial charge in [0.05, 0.1) is 32.6 Å². The van der Waals surface area contributed by atoms with Gasteiger partial charge < -0.3 is 5.73 Å². The zero-order valence-corrected chi connectivity index (χ0v) is 13.0. The van der Waals surface area contributed by atoms with Gasteiger partial charge in [-0.25, -0.2) is 4.68 Å². The number of benzene rings is 2. The van der Waals surface area contributed by atoms with E-state index in [1.807, 2.05) is 24.3 Å². The van der Waals surface area contributed by atoms with Crippen LogP contribution in [0.1, 0.15) is 0 Å². The van der Waals surface area contributed by atoms with Gasteiger partial charge in [-0.05, 0) is 18.2 Å². The smallest absolute Gasteiger partial charge is 0.117 e. The Morgan fingerprint density at radius 2 is 1.62 bits per heavy atom. The summed E-state index contributed by atoms with van der Waals surface area (Å²) in [6.07, 6.45) is 1.70. The van der Waals surface area contributed by atoms with E-state index >= 15 is 0 Å². The molecule has 1 aromatic heterocycles. The van der Waals surface area contributed by atoms with Gasteiger partial charge in [0.25, 0.3) is 0 Å². The van der Waals surface area contributed by atoms with Crippen LogP contribution in [0.2, 0.25) is 15.1 Å². The molecule has 2 N–H and O–H groups in total. The summed E-state index contributed by atoms with van der Waals surface area (Å²) in [5.74, 6) is 0. The minimum absolute atomic E-state index is 0.426. The lowest BCUT2D eigenvalue weighted by Gasteiger charge is -2.04. The Balaban J connectivity index is 2.15. The molecule has 0 aliphatic rings. The monoisotopic (exact) mass is 337 g/mol. The van der Waals surface area contributed by atoms with E-state index in [0.717, 1.165) is 5.69 Å². The third-order valence-corrected chi connectivity index (χ3v) is 4.19. The van der Waals surface area contributed by atoms with Gasteiger partial charge in [0.15, 0.2) is 0 Å². The van der Waals surface area contributed by atoms with Crippen molar-refractivity contribution in [1.29, 1.82) is 0 Å². The van der Waals surface area contributed by atoms with Crippen LogP contribution in [0.3, 0.4) is 0 Å². The first kappa shape index (κ1) is 14.3. The Morgan fingerprint density at radius 3 is 2.38 bits per heavy atom. The third-order valence-electron chi connectivity index (χ3n) is 3.05. The Morgan fingerprint density at radius 1 is 0.905 bits per heavy atom. The van der Waals surface area contributed by atoms with Crippen molar-refractivity contribution in [1.82, 2.24) is 9.78 Å². The quantitative estimate of drug-likeness (QED) is 0.708. The Bertz CT molecular complexity index is 812. The predicted octanol–water partition coefficient (Wildman–Crippen LogP) is 5.08. The van der Waals surface area contributed by atoms with Gasteiger partial charge in [0.1, 0.15) is 5.69 Å². The second kappa shape index (κ2) is 5.60. The van der Waals surface area contributed by atoms with E-state index in [0.29, 0.717) is 32.0 Å². The summed E-state index contributed by atoms with van der Waals surface area (Å²) in [5, 5.41) is 5.95. The molecule has 0 spiro atoms. The lowest BCUT2D eigenvalue weighted by molar-refractivity contribution is 0.885. The molecule has 0 aliphatic carbocycles. The Labute approximate surface area is 136 Å². The fourth-order valence-electron chi connectivity index (χ4n) is 2.04. The average molecular weight is 339 g/mol. The second-order valence-electron chi connectivity index (χ2n) is 4.43. The highest BCUT2D eigenvalue weighted by molar-refractivity contribution is 6.43. The summed E-state index contributed by atoms with van der Waals surface area (Å²) in [6.45, 7) is 0. The van der Waals surface area contributed by atoms with Crippen LogP contribution in [0, 0.1) is 0 Å². The number of anilines is 1. The molecule has 0 radical (unpaired) electrons. The minimum Gasteiger partial charge on any atom is -0.396 e. The van der Waals surface area contributed by atoms with Crippen LogP contribution in [-0.2, 0) is 0 Å². The summed E-state index contributed by atoms with van der Waals surface area (Å²) in [5.41, 5.74) is 8.56. The summed E-state index contributed by atoms with van der Waals surface area (Å²) in [7, 11) is 0. The van der Waals surface area contributed by atoms with E-state index < -0.39 is 0 Å². The van der Waals surface area contributed by atoms with Crippen LogP contribution < -0.4 is 5.73 Å². The maximum absolute atomic E-state index is 6.22. The van der Waals surface area contributed by atoms with E-state index in [1.54, 1.807) is 29.1 Å². The first-order valence-corrected chi connectivity index (χ1v) is 7.25. The maximum Gasteiger partial charge on any atom is 0.117 e. The van der Waals surface area contributed by atoms with Crippen LogP contribution >= 0.6 is 34.8 Å². The molecule has 3 nitrogen and oxygen atoms in total. The van der Waals surface area contributed by atoms with Gasteiger partial charge in [-0.1, -0.05) is 59.1 Å². The van der Waals surface area contributed by atoms with Crippen LogP contribution in [0.4, 0.5) is 5.69 Å². The molecular formula is C15H10Cl3N3. The summed E-state index contributed by atoms with van der Waals surface area (Å²) in [4.78, 5) is 0. The van der Waals surface area contributed by atoms with Crippen molar-refractivity contribution < 1.29 is 0 Å². The zero-order chi connectivity index (χ0) is 15.0. The van der Waals surface area contributed by atoms with Crippen LogP contribution in [-0.4, -0.2) is 9.78 Å². The number of nitrogens with two attached hydrogens (primary N) is 1. The number of hydrogen-bond acceptors (Lipinski definition) is 2. The molecule has 3 rings (SSSR count). The van der Waals surface area contributed by atoms with E-state index in [4.69, 9.17) is 40.5 Å². The fourth-order valence-corrected chi connectivity index (χ4v) is 2.66. The Hall–Kier alpha value is -1.68. The molecule has 0 bridgehead atoms. The minimum atomic E-state index is 0.426. The molecule has 0 atom stereocenters. The molecule has 0 saturated heterocycles. The van der Waals surface area contributed by atoms with Gasteiger partial charge in [-0.2, -0.15) is 5.10 Å². The van der Waals surface area contributed by atoms with Crippen molar-refractivity contribution in [3.63, 3.8) is 0 Å². The number of rotatable bonds is 2. The van der Waals surface area contributed by atoms with Gasteiger partial charge in [-0.3, -0.25) is 0 Å². The van der Waals surface area contributed by atoms with E-state index in [-0.39, 0.29) is 0 Å². The molecule has 6 heteroatoms. The van der Waals surface area contributed by atoms with Crippen molar-refractivity contribution in [3.8, 4) is 16.9 Å². The molecule has 106 valence electrons. The number of nitrogen functional groups attached to an aromatic ring is 1. The largest absolute Gasteiger partial charge is 0.396 e. The van der Waals surface area contributed by atoms with Crippen molar-refractivity contribution in [2.45, 2.75) is 0 Å². The average Bonchev–Trinajstić information content (AvgIpc) is 2.84. The van der Waals surface area contributed by atoms with Gasteiger partial charge in [-0.15, -0.1) is 0 Å². The molecular weight excluding hydrogens is 329 g/mol. The van der Waals surface area contributed by atoms with Crippen LogP contribution in [0.15, 0.2) is 48.7 Å². The van der Waals surface area contributed by atoms with Crippen LogP contribution in [0.5, 0.6) is 0 Å². The number of hydrogen-bond donors (Lipinski definition) is 1. The first-order valence-electron chi connectivity index (χ1n) is 6.12. The van der Waals surface area contributed by atoms with Crippen molar-refractivity contribution in [3.05, 3.63) is 63.7 Å². The summed E-state index contributed by atoms with van der Waals surface area (Å²) < 4.78 is 1.63. The molecule has 0 aliphatic heterocycles. The van der Waals surface area contributed by atoms with Crippen molar-refractivity contribution in [2.75, 3.05) is 5.73 Å². The standard InChI is InChI=1S/C15H10Cl3N3/c16-10-5-1-2-7-13(10)21-8-12(19)15(20-21)9-4-3-6-11(17)14(9)18/h1-8H,19H2. The highest BCUT2D eigenvalue weighted by Gasteiger charge is 2.15. The van der Waals surface area contributed by atoms with Gasteiger partial charge in [0.2, 0.25) is 0 Å². The number of nitrogens with zero attached hydrogens (tertiary/aromatic N) is 2. The molecule has 0 amide bonds. The molecule has 2 aromatic carbocycles. The lowest BCUT2D eigenvalue weighted by atomic mass is 10.1. The molecule has 21 heavy (non-hydrogen) atoms. The van der Waals surface area contributed by atoms with E-state index in [9.17, 15) is 0 Å². The topological polar surface area (TPSA) is 43.8 Å². The summed E-state index contributed by atoms with van der Waals surface area (Å²) in [6, 6.07) is 12.7. The number of halogens is 3. The SMILES string of the molecule is Nc1cn(-c2ccccc2Cl)nc1-c1cccc(Cl)c1Cl. The molecule has 0 unspecified atom stereocenters. The highest BCUT2D eigenvalue weighted by atomic mass is 35.5. The summed E-state index contributed by atoms with van der Waals surface area (Å²) >= 11 is 18.4. The maximum atomic E-state index is 6.22. The predicted molar refractivity (Wildman–Crippen MR) is 88.4 cm³/mol. The molecule has 1 heterocycles. The second-order valence-corrected chi connectivity index (χ2v) is 5.62. The fraction of sp³-hybridized carbons (Fsp3) is 0. The van der Waals surface area contributed by atoms with Crippen molar-refractivity contribution >= 4 is 40.5 Å². The third kappa shape index (κ3) is 2.60. The first-order chi connectivity index (χ1) is 10.1. The van der Waals surface area contributed by atoms with E-state index in [1.165, 1.54) is 0 Å². The van der Waals surface area contributed by atoms with Crippen molar-refractivity contribution in [2.24, 2.45) is 0 Å².